The summed E-state index contributed by atoms with van der Waals surface area (Å²) in [4.78, 5) is 28.8. The number of carbonyl (C=O) groups is 1. The van der Waals surface area contributed by atoms with Crippen LogP contribution in [0.3, 0.4) is 0 Å². The summed E-state index contributed by atoms with van der Waals surface area (Å²) in [7, 11) is 4.08. The Bertz CT molecular complexity index is 1530. The molecule has 1 aliphatic heterocycles. The maximum Gasteiger partial charge on any atom is 0.280 e. The molecule has 3 aromatic heterocycles. The molecule has 0 unspecified atom stereocenters. The van der Waals surface area contributed by atoms with Gasteiger partial charge in [-0.2, -0.15) is 10.1 Å². The Labute approximate surface area is 223 Å². The van der Waals surface area contributed by atoms with Crippen molar-refractivity contribution < 1.29 is 4.79 Å². The van der Waals surface area contributed by atoms with Gasteiger partial charge < -0.3 is 14.5 Å². The number of likely N-dealkylation sites (tertiary alicyclic amines) is 1. The van der Waals surface area contributed by atoms with Gasteiger partial charge in [0, 0.05) is 36.1 Å². The number of hydrogen-bond acceptors (Lipinski definition) is 4. The lowest BCUT2D eigenvalue weighted by Crippen LogP contribution is -2.29. The molecule has 2 aliphatic rings. The lowest BCUT2D eigenvalue weighted by molar-refractivity contribution is 0.0996. The first-order chi connectivity index (χ1) is 18.4. The van der Waals surface area contributed by atoms with E-state index in [4.69, 9.17) is 0 Å². The van der Waals surface area contributed by atoms with E-state index in [1.54, 1.807) is 10.9 Å². The number of nitrogens with one attached hydrogen (secondary N) is 1. The topological polar surface area (TPSA) is 84.1 Å². The molecule has 8 nitrogen and oxygen atoms in total. The molecule has 198 valence electrons. The van der Waals surface area contributed by atoms with E-state index in [1.807, 2.05) is 32.3 Å². The minimum absolute atomic E-state index is 0.257. The van der Waals surface area contributed by atoms with E-state index in [0.717, 1.165) is 48.4 Å². The van der Waals surface area contributed by atoms with Crippen molar-refractivity contribution in [2.24, 2.45) is 12.0 Å². The minimum Gasteiger partial charge on any atom is -0.324 e. The third-order valence-electron chi connectivity index (χ3n) is 8.29. The Balaban J connectivity index is 1.42. The first kappa shape index (κ1) is 24.8. The number of hydrogen-bond donors (Lipinski definition) is 1. The van der Waals surface area contributed by atoms with E-state index in [2.05, 4.69) is 54.8 Å². The van der Waals surface area contributed by atoms with E-state index in [0.29, 0.717) is 23.1 Å². The molecule has 1 aromatic carbocycles. The maximum atomic E-state index is 13.6. The van der Waals surface area contributed by atoms with Crippen molar-refractivity contribution in [1.29, 1.82) is 0 Å². The highest BCUT2D eigenvalue weighted by atomic mass is 16.1. The molecule has 1 N–H and O–H groups in total. The van der Waals surface area contributed by atoms with Crippen LogP contribution in [0.2, 0.25) is 0 Å². The van der Waals surface area contributed by atoms with Crippen molar-refractivity contribution >= 4 is 16.9 Å². The van der Waals surface area contributed by atoms with Crippen LogP contribution in [0.25, 0.3) is 22.3 Å². The number of aromatic nitrogens is 5. The van der Waals surface area contributed by atoms with Crippen molar-refractivity contribution in [1.82, 2.24) is 29.2 Å². The van der Waals surface area contributed by atoms with Crippen molar-refractivity contribution in [2.45, 2.75) is 63.8 Å². The van der Waals surface area contributed by atoms with Crippen LogP contribution >= 0.6 is 0 Å². The first-order valence-corrected chi connectivity index (χ1v) is 13.9. The lowest BCUT2D eigenvalue weighted by atomic mass is 9.89. The lowest BCUT2D eigenvalue weighted by Gasteiger charge is -2.29. The number of carbonyl (C=O) groups excluding carboxylic acids is 1. The van der Waals surface area contributed by atoms with Crippen molar-refractivity contribution in [2.75, 3.05) is 20.1 Å². The molecule has 4 aromatic rings. The van der Waals surface area contributed by atoms with Crippen LogP contribution in [0, 0.1) is 6.92 Å². The van der Waals surface area contributed by atoms with Crippen LogP contribution in [-0.4, -0.2) is 55.3 Å². The van der Waals surface area contributed by atoms with Crippen LogP contribution in [0.4, 0.5) is 0 Å². The van der Waals surface area contributed by atoms with E-state index in [-0.39, 0.29) is 5.91 Å². The highest BCUT2D eigenvalue weighted by molar-refractivity contribution is 5.96. The number of rotatable bonds is 4. The standard InChI is InChI=1S/C30H37N7O/c1-20-15-23(16-27(32-20)24-18-31-36(3)19-24)29(38)34-30-33-26-10-9-22(21-11-13-35(2)14-12-21)17-28(26)37(30)25-7-5-4-6-8-25/h9-10,15-19,21,25H,4-8,11-14H2,1-3H3,(H,33,34,38). The number of amides is 1. The smallest absolute Gasteiger partial charge is 0.280 e. The van der Waals surface area contributed by atoms with Gasteiger partial charge in [-0.1, -0.05) is 25.3 Å². The van der Waals surface area contributed by atoms with E-state index < -0.39 is 0 Å². The van der Waals surface area contributed by atoms with Gasteiger partial charge in [0.1, 0.15) is 0 Å². The summed E-state index contributed by atoms with van der Waals surface area (Å²) in [5.74, 6) is 0.324. The van der Waals surface area contributed by atoms with Gasteiger partial charge in [-0.25, -0.2) is 0 Å². The van der Waals surface area contributed by atoms with Crippen LogP contribution in [0.1, 0.15) is 78.5 Å². The predicted molar refractivity (Wildman–Crippen MR) is 149 cm³/mol. The molecule has 1 amide bonds. The zero-order valence-electron chi connectivity index (χ0n) is 22.7. The molecule has 2 fully saturated rings. The number of pyridine rings is 1. The number of aryl methyl sites for hydroxylation is 2. The molecule has 6 rings (SSSR count). The molecule has 0 bridgehead atoms. The summed E-state index contributed by atoms with van der Waals surface area (Å²) < 4.78 is 4.06. The van der Waals surface area contributed by atoms with Gasteiger partial charge in [0.25, 0.3) is 5.91 Å². The number of benzene rings is 1. The summed E-state index contributed by atoms with van der Waals surface area (Å²) in [6, 6.07) is 10.8. The number of aromatic amines is 1. The van der Waals surface area contributed by atoms with E-state index in [1.165, 1.54) is 43.2 Å². The van der Waals surface area contributed by atoms with Gasteiger partial charge in [0.15, 0.2) is 0 Å². The third-order valence-corrected chi connectivity index (χ3v) is 8.29. The van der Waals surface area contributed by atoms with Gasteiger partial charge >= 0.3 is 0 Å². The summed E-state index contributed by atoms with van der Waals surface area (Å²) >= 11 is 0. The van der Waals surface area contributed by atoms with Gasteiger partial charge in [0.2, 0.25) is 5.62 Å². The molecule has 38 heavy (non-hydrogen) atoms. The Kier molecular flexibility index (Phi) is 6.74. The Morgan fingerprint density at radius 3 is 2.55 bits per heavy atom. The zero-order valence-corrected chi connectivity index (χ0v) is 22.7. The van der Waals surface area contributed by atoms with Crippen molar-refractivity contribution in [3.63, 3.8) is 0 Å². The van der Waals surface area contributed by atoms with E-state index >= 15 is 0 Å². The number of nitrogens with zero attached hydrogens (tertiary/aromatic N) is 6. The fraction of sp³-hybridized carbons (Fsp3) is 0.467. The van der Waals surface area contributed by atoms with Gasteiger partial charge in [-0.3, -0.25) is 14.5 Å². The number of piperidine rings is 1. The molecular weight excluding hydrogens is 474 g/mol. The molecule has 0 atom stereocenters. The van der Waals surface area contributed by atoms with Crippen molar-refractivity contribution in [3.8, 4) is 11.3 Å². The summed E-state index contributed by atoms with van der Waals surface area (Å²) in [5.41, 5.74) is 7.20. The average molecular weight is 512 g/mol. The second kappa shape index (κ2) is 10.3. The third kappa shape index (κ3) is 4.97. The summed E-state index contributed by atoms with van der Waals surface area (Å²) in [6.45, 7) is 4.19. The van der Waals surface area contributed by atoms with Crippen LogP contribution in [0.15, 0.2) is 47.7 Å². The zero-order chi connectivity index (χ0) is 26.2. The molecule has 1 aliphatic carbocycles. The molecule has 0 spiro atoms. The summed E-state index contributed by atoms with van der Waals surface area (Å²) in [6.07, 6.45) is 12.0. The molecular formula is C30H37N7O. The van der Waals surface area contributed by atoms with Gasteiger partial charge in [-0.05, 0) is 88.5 Å². The normalized spacial score (nSPS) is 18.4. The van der Waals surface area contributed by atoms with Gasteiger partial charge in [-0.15, -0.1) is 0 Å². The number of H-pyrrole nitrogens is 1. The van der Waals surface area contributed by atoms with E-state index in [9.17, 15) is 4.79 Å². The second-order valence-corrected chi connectivity index (χ2v) is 11.2. The van der Waals surface area contributed by atoms with Gasteiger partial charge in [0.05, 0.1) is 22.9 Å². The summed E-state index contributed by atoms with van der Waals surface area (Å²) in [5, 5.41) is 4.25. The maximum absolute atomic E-state index is 13.6. The average Bonchev–Trinajstić information content (AvgIpc) is 3.52. The fourth-order valence-corrected chi connectivity index (χ4v) is 6.19. The SMILES string of the molecule is Cc1cc(C(=O)/N=c2\[nH]c3ccc(C4CCN(C)CC4)cc3n2C2CCCCC2)cc(-c2cnn(C)c2)n1. The monoisotopic (exact) mass is 511 g/mol. The highest BCUT2D eigenvalue weighted by Crippen LogP contribution is 2.33. The van der Waals surface area contributed by atoms with Crippen LogP contribution in [-0.2, 0) is 7.05 Å². The first-order valence-electron chi connectivity index (χ1n) is 13.9. The molecule has 1 saturated carbocycles. The molecule has 1 saturated heterocycles. The second-order valence-electron chi connectivity index (χ2n) is 11.2. The Morgan fingerprint density at radius 1 is 1.03 bits per heavy atom. The molecule has 0 radical (unpaired) electrons. The van der Waals surface area contributed by atoms with Crippen LogP contribution in [0.5, 0.6) is 0 Å². The van der Waals surface area contributed by atoms with Crippen LogP contribution < -0.4 is 5.62 Å². The van der Waals surface area contributed by atoms with Crippen molar-refractivity contribution in [3.05, 3.63) is 65.2 Å². The highest BCUT2D eigenvalue weighted by Gasteiger charge is 2.23. The Hall–Kier alpha value is -3.52. The number of imidazole rings is 1. The quantitative estimate of drug-likeness (QED) is 0.412. The predicted octanol–water partition coefficient (Wildman–Crippen LogP) is 5.13. The molecule has 4 heterocycles. The molecule has 8 heteroatoms. The largest absolute Gasteiger partial charge is 0.324 e. The number of fused-ring (bicyclic) bond motifs is 1. The minimum atomic E-state index is -0.257. The Morgan fingerprint density at radius 2 is 1.82 bits per heavy atom. The fourth-order valence-electron chi connectivity index (χ4n) is 6.19.